The van der Waals surface area contributed by atoms with Crippen LogP contribution in [0.3, 0.4) is 0 Å². The summed E-state index contributed by atoms with van der Waals surface area (Å²) < 4.78 is 7.20. The number of aryl methyl sites for hydroxylation is 2. The molecule has 118 valence electrons. The van der Waals surface area contributed by atoms with Crippen LogP contribution < -0.4 is 10.4 Å². The van der Waals surface area contributed by atoms with Crippen LogP contribution in [0.4, 0.5) is 0 Å². The summed E-state index contributed by atoms with van der Waals surface area (Å²) in [7, 11) is 0. The lowest BCUT2D eigenvalue weighted by molar-refractivity contribution is 0.302. The molecule has 6 nitrogen and oxygen atoms in total. The Hall–Kier alpha value is -2.89. The van der Waals surface area contributed by atoms with Crippen LogP contribution in [-0.4, -0.2) is 20.2 Å². The van der Waals surface area contributed by atoms with Crippen LogP contribution in [0.2, 0.25) is 0 Å². The van der Waals surface area contributed by atoms with Crippen molar-refractivity contribution in [2.45, 2.75) is 26.9 Å². The highest BCUT2D eigenvalue weighted by atomic mass is 16.5. The summed E-state index contributed by atoms with van der Waals surface area (Å²) in [6.07, 6.45) is 0.904. The SMILES string of the molecule is CCc1cc(C)ccc1OCc1ccccc1-n1nn[nH]c1=O. The van der Waals surface area contributed by atoms with Crippen LogP contribution in [0.5, 0.6) is 5.75 Å². The number of aromatic amines is 1. The third-order valence-electron chi connectivity index (χ3n) is 3.67. The molecule has 6 heteroatoms. The summed E-state index contributed by atoms with van der Waals surface area (Å²) in [4.78, 5) is 11.7. The molecular formula is C17H18N4O2. The molecule has 23 heavy (non-hydrogen) atoms. The zero-order chi connectivity index (χ0) is 16.2. The summed E-state index contributed by atoms with van der Waals surface area (Å²) in [5.41, 5.74) is 3.54. The van der Waals surface area contributed by atoms with Crippen molar-refractivity contribution in [2.75, 3.05) is 0 Å². The second kappa shape index (κ2) is 6.48. The van der Waals surface area contributed by atoms with E-state index in [9.17, 15) is 4.79 Å². The van der Waals surface area contributed by atoms with Crippen LogP contribution >= 0.6 is 0 Å². The Kier molecular flexibility index (Phi) is 4.23. The number of hydrogen-bond acceptors (Lipinski definition) is 4. The third-order valence-corrected chi connectivity index (χ3v) is 3.67. The highest BCUT2D eigenvalue weighted by Crippen LogP contribution is 2.22. The van der Waals surface area contributed by atoms with Gasteiger partial charge in [-0.05, 0) is 41.5 Å². The molecule has 1 heterocycles. The average molecular weight is 310 g/mol. The first-order valence-electron chi connectivity index (χ1n) is 7.50. The first kappa shape index (κ1) is 15.0. The summed E-state index contributed by atoms with van der Waals surface area (Å²) in [6.45, 7) is 4.52. The maximum Gasteiger partial charge on any atom is 0.365 e. The molecule has 2 aromatic carbocycles. The van der Waals surface area contributed by atoms with E-state index in [4.69, 9.17) is 4.74 Å². The highest BCUT2D eigenvalue weighted by molar-refractivity contribution is 5.41. The molecule has 0 saturated carbocycles. The van der Waals surface area contributed by atoms with E-state index in [2.05, 4.69) is 35.4 Å². The first-order chi connectivity index (χ1) is 11.2. The molecule has 0 radical (unpaired) electrons. The molecule has 3 rings (SSSR count). The minimum atomic E-state index is -0.373. The molecule has 0 spiro atoms. The number of nitrogens with zero attached hydrogens (tertiary/aromatic N) is 3. The molecule has 0 amide bonds. The Morgan fingerprint density at radius 1 is 1.17 bits per heavy atom. The number of hydrogen-bond donors (Lipinski definition) is 1. The lowest BCUT2D eigenvalue weighted by Crippen LogP contribution is -2.18. The van der Waals surface area contributed by atoms with Gasteiger partial charge in [-0.25, -0.2) is 9.89 Å². The normalized spacial score (nSPS) is 10.7. The molecule has 0 fully saturated rings. The zero-order valence-electron chi connectivity index (χ0n) is 13.1. The van der Waals surface area contributed by atoms with Crippen LogP contribution in [0.15, 0.2) is 47.3 Å². The van der Waals surface area contributed by atoms with E-state index in [0.29, 0.717) is 12.3 Å². The first-order valence-corrected chi connectivity index (χ1v) is 7.50. The number of para-hydroxylation sites is 1. The lowest BCUT2D eigenvalue weighted by Gasteiger charge is -2.13. The fourth-order valence-corrected chi connectivity index (χ4v) is 2.48. The Labute approximate surface area is 133 Å². The minimum Gasteiger partial charge on any atom is -0.489 e. The standard InChI is InChI=1S/C17H18N4O2/c1-3-13-10-12(2)8-9-16(13)23-11-14-6-4-5-7-15(14)21-17(22)18-19-20-21/h4-10H,3,11H2,1-2H3,(H,18,20,22). The topological polar surface area (TPSA) is 72.8 Å². The van der Waals surface area contributed by atoms with Crippen LogP contribution in [0, 0.1) is 6.92 Å². The second-order valence-electron chi connectivity index (χ2n) is 5.30. The van der Waals surface area contributed by atoms with Gasteiger partial charge in [0.1, 0.15) is 12.4 Å². The van der Waals surface area contributed by atoms with E-state index >= 15 is 0 Å². The minimum absolute atomic E-state index is 0.353. The number of rotatable bonds is 5. The molecule has 0 unspecified atom stereocenters. The van der Waals surface area contributed by atoms with Crippen molar-refractivity contribution in [1.82, 2.24) is 20.2 Å². The average Bonchev–Trinajstić information content (AvgIpc) is 2.99. The number of benzene rings is 2. The maximum atomic E-state index is 11.7. The molecule has 0 aliphatic carbocycles. The summed E-state index contributed by atoms with van der Waals surface area (Å²) in [5, 5.41) is 9.62. The van der Waals surface area contributed by atoms with E-state index in [-0.39, 0.29) is 5.69 Å². The quantitative estimate of drug-likeness (QED) is 0.785. The van der Waals surface area contributed by atoms with Gasteiger partial charge in [0.2, 0.25) is 0 Å². The molecule has 3 aromatic rings. The van der Waals surface area contributed by atoms with Gasteiger partial charge in [0, 0.05) is 5.56 Å². The van der Waals surface area contributed by atoms with Gasteiger partial charge in [-0.3, -0.25) is 0 Å². The molecular weight excluding hydrogens is 292 g/mol. The van der Waals surface area contributed by atoms with Crippen LogP contribution in [0.1, 0.15) is 23.6 Å². The summed E-state index contributed by atoms with van der Waals surface area (Å²) >= 11 is 0. The zero-order valence-corrected chi connectivity index (χ0v) is 13.1. The maximum absolute atomic E-state index is 11.7. The van der Waals surface area contributed by atoms with Gasteiger partial charge < -0.3 is 4.74 Å². The van der Waals surface area contributed by atoms with Crippen molar-refractivity contribution in [3.8, 4) is 11.4 Å². The molecule has 0 aliphatic heterocycles. The Morgan fingerprint density at radius 3 is 2.74 bits per heavy atom. The number of tetrazole rings is 1. The van der Waals surface area contributed by atoms with Crippen molar-refractivity contribution in [3.05, 3.63) is 69.6 Å². The largest absolute Gasteiger partial charge is 0.489 e. The Balaban J connectivity index is 1.88. The van der Waals surface area contributed by atoms with E-state index in [0.717, 1.165) is 17.7 Å². The lowest BCUT2D eigenvalue weighted by atomic mass is 10.1. The predicted octanol–water partition coefficient (Wildman–Crippen LogP) is 2.41. The van der Waals surface area contributed by atoms with Gasteiger partial charge in [-0.2, -0.15) is 4.68 Å². The number of aromatic nitrogens is 4. The smallest absolute Gasteiger partial charge is 0.365 e. The second-order valence-corrected chi connectivity index (χ2v) is 5.30. The molecule has 1 aromatic heterocycles. The third kappa shape index (κ3) is 3.15. The molecule has 0 saturated heterocycles. The Morgan fingerprint density at radius 2 is 2.00 bits per heavy atom. The van der Waals surface area contributed by atoms with Gasteiger partial charge in [-0.15, -0.1) is 0 Å². The number of nitrogens with one attached hydrogen (secondary N) is 1. The van der Waals surface area contributed by atoms with Gasteiger partial charge in [0.05, 0.1) is 5.69 Å². The summed E-state index contributed by atoms with van der Waals surface area (Å²) in [6, 6.07) is 13.6. The number of ether oxygens (including phenoxy) is 1. The van der Waals surface area contributed by atoms with Gasteiger partial charge in [-0.1, -0.05) is 42.8 Å². The predicted molar refractivity (Wildman–Crippen MR) is 86.9 cm³/mol. The fourth-order valence-electron chi connectivity index (χ4n) is 2.48. The van der Waals surface area contributed by atoms with Crippen molar-refractivity contribution in [3.63, 3.8) is 0 Å². The van der Waals surface area contributed by atoms with E-state index in [1.807, 2.05) is 36.4 Å². The van der Waals surface area contributed by atoms with E-state index in [1.54, 1.807) is 0 Å². The molecule has 1 N–H and O–H groups in total. The highest BCUT2D eigenvalue weighted by Gasteiger charge is 2.10. The summed E-state index contributed by atoms with van der Waals surface area (Å²) in [5.74, 6) is 0.861. The van der Waals surface area contributed by atoms with E-state index < -0.39 is 0 Å². The molecule has 0 atom stereocenters. The monoisotopic (exact) mass is 310 g/mol. The molecule has 0 bridgehead atoms. The van der Waals surface area contributed by atoms with Crippen molar-refractivity contribution in [1.29, 1.82) is 0 Å². The van der Waals surface area contributed by atoms with Gasteiger partial charge >= 0.3 is 5.69 Å². The number of H-pyrrole nitrogens is 1. The fraction of sp³-hybridized carbons (Fsp3) is 0.235. The van der Waals surface area contributed by atoms with Crippen LogP contribution in [0.25, 0.3) is 5.69 Å². The Bertz CT molecular complexity index is 867. The van der Waals surface area contributed by atoms with E-state index in [1.165, 1.54) is 15.8 Å². The van der Waals surface area contributed by atoms with Crippen molar-refractivity contribution >= 4 is 0 Å². The van der Waals surface area contributed by atoms with Crippen molar-refractivity contribution < 1.29 is 4.74 Å². The molecule has 0 aliphatic rings. The van der Waals surface area contributed by atoms with Gasteiger partial charge in [0.25, 0.3) is 0 Å². The van der Waals surface area contributed by atoms with Gasteiger partial charge in [0.15, 0.2) is 0 Å². The van der Waals surface area contributed by atoms with Crippen LogP contribution in [-0.2, 0) is 13.0 Å². The van der Waals surface area contributed by atoms with Crippen molar-refractivity contribution in [2.24, 2.45) is 0 Å².